The topological polar surface area (TPSA) is 6.48 Å². The van der Waals surface area contributed by atoms with Crippen LogP contribution in [0, 0.1) is 0 Å². The van der Waals surface area contributed by atoms with Crippen molar-refractivity contribution in [3.63, 3.8) is 0 Å². The molecule has 0 unspecified atom stereocenters. The largest absolute Gasteiger partial charge is 0.315 e. The summed E-state index contributed by atoms with van der Waals surface area (Å²) in [5.41, 5.74) is 8.05. The highest BCUT2D eigenvalue weighted by Crippen LogP contribution is 2.28. The third-order valence-electron chi connectivity index (χ3n) is 6.37. The molecule has 0 saturated carbocycles. The van der Waals surface area contributed by atoms with Gasteiger partial charge in [0, 0.05) is 34.2 Å². The Kier molecular flexibility index (Phi) is 14.9. The van der Waals surface area contributed by atoms with Gasteiger partial charge in [-0.2, -0.15) is 0 Å². The lowest BCUT2D eigenvalue weighted by Gasteiger charge is -2.27. The summed E-state index contributed by atoms with van der Waals surface area (Å²) in [6.07, 6.45) is 29.4. The van der Waals surface area contributed by atoms with Crippen LogP contribution >= 0.6 is 0 Å². The Morgan fingerprint density at radius 3 is 1.60 bits per heavy atom. The number of rotatable bonds is 16. The highest BCUT2D eigenvalue weighted by Gasteiger charge is 2.13. The minimum Gasteiger partial charge on any atom is -0.315 e. The van der Waals surface area contributed by atoms with Crippen LogP contribution in [-0.2, 0) is 0 Å². The quantitative estimate of drug-likeness (QED) is 0.187. The first kappa shape index (κ1) is 33.9. The fourth-order valence-corrected chi connectivity index (χ4v) is 4.33. The van der Waals surface area contributed by atoms with Crippen LogP contribution in [0.5, 0.6) is 0 Å². The summed E-state index contributed by atoms with van der Waals surface area (Å²) >= 11 is 0. The van der Waals surface area contributed by atoms with Crippen molar-refractivity contribution in [3.05, 3.63) is 219 Å². The molecule has 0 spiro atoms. The monoisotopic (exact) mass is 564 g/mol. The summed E-state index contributed by atoms with van der Waals surface area (Å²) < 4.78 is 0. The Labute approximate surface area is 260 Å². The molecule has 0 fully saturated rings. The van der Waals surface area contributed by atoms with Crippen molar-refractivity contribution in [2.75, 3.05) is 9.80 Å². The normalized spacial score (nSPS) is 13.7. The number of hydrogen-bond acceptors (Lipinski definition) is 2. The van der Waals surface area contributed by atoms with Crippen LogP contribution in [0.1, 0.15) is 20.8 Å². The highest BCUT2D eigenvalue weighted by molar-refractivity contribution is 5.64. The molecule has 0 aliphatic carbocycles. The molecule has 0 heterocycles. The summed E-state index contributed by atoms with van der Waals surface area (Å²) in [4.78, 5) is 4.34. The molecule has 2 aromatic rings. The molecule has 0 aliphatic rings. The third kappa shape index (κ3) is 10.2. The van der Waals surface area contributed by atoms with E-state index < -0.39 is 0 Å². The number of anilines is 2. The van der Waals surface area contributed by atoms with E-state index in [2.05, 4.69) is 111 Å². The van der Waals surface area contributed by atoms with E-state index in [4.69, 9.17) is 0 Å². The first-order valence-electron chi connectivity index (χ1n) is 14.3. The van der Waals surface area contributed by atoms with Crippen LogP contribution in [0.3, 0.4) is 0 Å². The van der Waals surface area contributed by atoms with Gasteiger partial charge in [0.2, 0.25) is 0 Å². The van der Waals surface area contributed by atoms with Crippen LogP contribution in [0.4, 0.5) is 11.4 Å². The van der Waals surface area contributed by atoms with Gasteiger partial charge in [-0.3, -0.25) is 0 Å². The molecule has 0 atom stereocenters. The van der Waals surface area contributed by atoms with Gasteiger partial charge in [0.25, 0.3) is 0 Å². The second kappa shape index (κ2) is 18.9. The third-order valence-corrected chi connectivity index (χ3v) is 6.37. The molecule has 0 saturated heterocycles. The number of para-hydroxylation sites is 2. The molecule has 0 radical (unpaired) electrons. The number of nitrogens with zero attached hydrogens (tertiary/aromatic N) is 2. The fraction of sp³-hybridized carbons (Fsp3) is 0.0732. The number of hydrogen-bond donors (Lipinski definition) is 0. The lowest BCUT2D eigenvalue weighted by Crippen LogP contribution is -2.19. The van der Waals surface area contributed by atoms with Crippen LogP contribution in [-0.4, -0.2) is 0 Å². The molecule has 0 aromatic heterocycles. The van der Waals surface area contributed by atoms with Gasteiger partial charge in [0.15, 0.2) is 0 Å². The predicted molar refractivity (Wildman–Crippen MR) is 193 cm³/mol. The van der Waals surface area contributed by atoms with Crippen molar-refractivity contribution >= 4 is 11.4 Å². The zero-order valence-electron chi connectivity index (χ0n) is 25.9. The number of allylic oxidation sites excluding steroid dienone is 18. The zero-order valence-corrected chi connectivity index (χ0v) is 25.9. The average Bonchev–Trinajstić information content (AvgIpc) is 3.03. The van der Waals surface area contributed by atoms with E-state index in [1.165, 1.54) is 0 Å². The Balaban J connectivity index is 2.59. The van der Waals surface area contributed by atoms with Crippen LogP contribution in [0.2, 0.25) is 0 Å². The Bertz CT molecular complexity index is 1500. The van der Waals surface area contributed by atoms with Crippen molar-refractivity contribution < 1.29 is 0 Å². The Morgan fingerprint density at radius 1 is 0.558 bits per heavy atom. The van der Waals surface area contributed by atoms with Gasteiger partial charge in [-0.05, 0) is 98.7 Å². The maximum Gasteiger partial charge on any atom is 0.0461 e. The van der Waals surface area contributed by atoms with E-state index in [-0.39, 0.29) is 0 Å². The van der Waals surface area contributed by atoms with E-state index in [0.717, 1.165) is 45.3 Å². The van der Waals surface area contributed by atoms with Gasteiger partial charge >= 0.3 is 0 Å². The minimum atomic E-state index is 0.896. The lowest BCUT2D eigenvalue weighted by molar-refractivity contribution is 1.10. The van der Waals surface area contributed by atoms with Gasteiger partial charge in [0.05, 0.1) is 0 Å². The predicted octanol–water partition coefficient (Wildman–Crippen LogP) is 11.5. The van der Waals surface area contributed by atoms with E-state index in [0.29, 0.717) is 0 Å². The molecule has 218 valence electrons. The second-order valence-electron chi connectivity index (χ2n) is 9.37. The maximum absolute atomic E-state index is 4.12. The fourth-order valence-electron chi connectivity index (χ4n) is 4.33. The molecule has 2 heteroatoms. The standard InChI is InChI=1S/C41H44N2/c1-9-15-25-39(24-12-4)43(41-28-20-17-21-29-41)37(14-6)33-32-36(13-5)34(7)30-31-35(8)42(38(22-10-2)23-11-3)40-26-18-16-19-27-40/h9-33H,1-2,4-6H2,3,7-8H3/b23-11-,25-15-,34-30+,35-31+,36-32+,37-33+,38-22+,39-24+. The molecule has 0 amide bonds. The summed E-state index contributed by atoms with van der Waals surface area (Å²) in [5.74, 6) is 0. The van der Waals surface area contributed by atoms with Crippen molar-refractivity contribution in [2.24, 2.45) is 0 Å². The summed E-state index contributed by atoms with van der Waals surface area (Å²) in [7, 11) is 0. The molecule has 2 aromatic carbocycles. The van der Waals surface area contributed by atoms with Crippen LogP contribution in [0.25, 0.3) is 0 Å². The molecule has 0 N–H and O–H groups in total. The lowest BCUT2D eigenvalue weighted by atomic mass is 10.1. The zero-order chi connectivity index (χ0) is 31.5. The molecule has 0 bridgehead atoms. The van der Waals surface area contributed by atoms with Crippen LogP contribution in [0.15, 0.2) is 219 Å². The highest BCUT2D eigenvalue weighted by atomic mass is 15.2. The first-order valence-corrected chi connectivity index (χ1v) is 14.3. The number of benzene rings is 2. The van der Waals surface area contributed by atoms with Gasteiger partial charge in [-0.15, -0.1) is 0 Å². The second-order valence-corrected chi connectivity index (χ2v) is 9.37. The summed E-state index contributed by atoms with van der Waals surface area (Å²) in [6, 6.07) is 20.5. The molecule has 2 nitrogen and oxygen atoms in total. The maximum atomic E-state index is 4.12. The van der Waals surface area contributed by atoms with E-state index in [1.807, 2.05) is 91.9 Å². The summed E-state index contributed by atoms with van der Waals surface area (Å²) in [6.45, 7) is 26.1. The van der Waals surface area contributed by atoms with Crippen molar-refractivity contribution in [2.45, 2.75) is 20.8 Å². The van der Waals surface area contributed by atoms with Crippen molar-refractivity contribution in [3.8, 4) is 0 Å². The molecular weight excluding hydrogens is 520 g/mol. The Hall–Kier alpha value is -5.34. The van der Waals surface area contributed by atoms with Gasteiger partial charge < -0.3 is 9.80 Å². The SMILES string of the molecule is C=C/C=C\C(=C/C=C)N(/C(C=C)=C/C=C(C=C)/C(C)=C/C=C(\C)N(C(/C=C\C)=C/C=C)c1ccccc1)c1ccccc1. The van der Waals surface area contributed by atoms with Gasteiger partial charge in [-0.1, -0.05) is 118 Å². The van der Waals surface area contributed by atoms with Crippen molar-refractivity contribution in [1.29, 1.82) is 0 Å². The van der Waals surface area contributed by atoms with Gasteiger partial charge in [0.1, 0.15) is 0 Å². The van der Waals surface area contributed by atoms with E-state index in [1.54, 1.807) is 12.2 Å². The van der Waals surface area contributed by atoms with Gasteiger partial charge in [-0.25, -0.2) is 0 Å². The minimum absolute atomic E-state index is 0.896. The van der Waals surface area contributed by atoms with E-state index >= 15 is 0 Å². The molecule has 43 heavy (non-hydrogen) atoms. The van der Waals surface area contributed by atoms with Crippen LogP contribution < -0.4 is 9.80 Å². The van der Waals surface area contributed by atoms with E-state index in [9.17, 15) is 0 Å². The smallest absolute Gasteiger partial charge is 0.0461 e. The Morgan fingerprint density at radius 2 is 1.12 bits per heavy atom. The van der Waals surface area contributed by atoms with Crippen molar-refractivity contribution in [1.82, 2.24) is 0 Å². The summed E-state index contributed by atoms with van der Waals surface area (Å²) in [5, 5.41) is 0. The molecular formula is C41H44N2. The average molecular weight is 565 g/mol. The first-order chi connectivity index (χ1) is 20.9. The molecule has 0 aliphatic heterocycles. The molecule has 2 rings (SSSR count).